The summed E-state index contributed by atoms with van der Waals surface area (Å²) in [6.45, 7) is 5.49. The quantitative estimate of drug-likeness (QED) is 0.487. The van der Waals surface area contributed by atoms with Gasteiger partial charge in [0.1, 0.15) is 5.65 Å². The first kappa shape index (κ1) is 18.4. The number of H-pyrrole nitrogens is 1. The van der Waals surface area contributed by atoms with Crippen LogP contribution in [-0.4, -0.2) is 28.0 Å². The first-order valence-electron chi connectivity index (χ1n) is 9.11. The Morgan fingerprint density at radius 1 is 1.21 bits per heavy atom. The molecule has 1 aromatic carbocycles. The Hall–Kier alpha value is -3.93. The van der Waals surface area contributed by atoms with Crippen molar-refractivity contribution in [3.05, 3.63) is 73.1 Å². The molecule has 6 nitrogen and oxygen atoms in total. The highest BCUT2D eigenvalue weighted by Gasteiger charge is 2.12. The number of fused-ring (bicyclic) bond motifs is 1. The Balaban J connectivity index is 1.78. The van der Waals surface area contributed by atoms with Crippen molar-refractivity contribution in [1.29, 1.82) is 0 Å². The van der Waals surface area contributed by atoms with Gasteiger partial charge in [0.25, 0.3) is 0 Å². The molecular formula is C23H20N4O2. The molecular weight excluding hydrogens is 364 g/mol. The summed E-state index contributed by atoms with van der Waals surface area (Å²) in [4.78, 5) is 23.9. The molecule has 0 aliphatic heterocycles. The highest BCUT2D eigenvalue weighted by atomic mass is 16.5. The van der Waals surface area contributed by atoms with Gasteiger partial charge in [-0.15, -0.1) is 0 Å². The SMILES string of the molecule is C=CC(=O)Nc1cccc(-c2cnc3[nH]cc(-c4cc(C)cc(OC)n4)c3c2)c1. The van der Waals surface area contributed by atoms with Gasteiger partial charge in [0.05, 0.1) is 12.8 Å². The van der Waals surface area contributed by atoms with Crippen LogP contribution < -0.4 is 10.1 Å². The number of aromatic amines is 1. The third-order valence-corrected chi connectivity index (χ3v) is 4.61. The fraction of sp³-hybridized carbons (Fsp3) is 0.0870. The number of ether oxygens (including phenoxy) is 1. The second-order valence-corrected chi connectivity index (χ2v) is 6.67. The minimum Gasteiger partial charge on any atom is -0.481 e. The third-order valence-electron chi connectivity index (χ3n) is 4.61. The zero-order chi connectivity index (χ0) is 20.4. The largest absolute Gasteiger partial charge is 0.481 e. The highest BCUT2D eigenvalue weighted by Crippen LogP contribution is 2.32. The van der Waals surface area contributed by atoms with E-state index >= 15 is 0 Å². The molecule has 2 N–H and O–H groups in total. The van der Waals surface area contributed by atoms with E-state index in [4.69, 9.17) is 4.74 Å². The lowest BCUT2D eigenvalue weighted by Crippen LogP contribution is -2.06. The number of methoxy groups -OCH3 is 1. The van der Waals surface area contributed by atoms with Crippen LogP contribution in [0.15, 0.2) is 67.5 Å². The molecule has 3 aromatic heterocycles. The molecule has 4 aromatic rings. The number of amides is 1. The number of nitrogens with zero attached hydrogens (tertiary/aromatic N) is 2. The average Bonchev–Trinajstić information content (AvgIpc) is 3.16. The molecule has 0 fully saturated rings. The van der Waals surface area contributed by atoms with E-state index in [1.165, 1.54) is 6.08 Å². The number of pyridine rings is 2. The van der Waals surface area contributed by atoms with E-state index in [0.717, 1.165) is 39.0 Å². The van der Waals surface area contributed by atoms with E-state index in [1.54, 1.807) is 13.3 Å². The summed E-state index contributed by atoms with van der Waals surface area (Å²) in [6.07, 6.45) is 4.96. The Morgan fingerprint density at radius 3 is 2.86 bits per heavy atom. The summed E-state index contributed by atoms with van der Waals surface area (Å²) in [7, 11) is 1.61. The van der Waals surface area contributed by atoms with Gasteiger partial charge >= 0.3 is 0 Å². The van der Waals surface area contributed by atoms with Crippen molar-refractivity contribution in [3.63, 3.8) is 0 Å². The van der Waals surface area contributed by atoms with Gasteiger partial charge in [-0.25, -0.2) is 9.97 Å². The maximum atomic E-state index is 11.6. The van der Waals surface area contributed by atoms with E-state index in [9.17, 15) is 4.79 Å². The lowest BCUT2D eigenvalue weighted by Gasteiger charge is -2.07. The van der Waals surface area contributed by atoms with Crippen molar-refractivity contribution >= 4 is 22.6 Å². The smallest absolute Gasteiger partial charge is 0.247 e. The molecule has 0 atom stereocenters. The summed E-state index contributed by atoms with van der Waals surface area (Å²) >= 11 is 0. The van der Waals surface area contributed by atoms with Gasteiger partial charge in [-0.3, -0.25) is 4.79 Å². The Labute approximate surface area is 168 Å². The standard InChI is InChI=1S/C23H20N4O2/c1-4-21(28)26-17-7-5-6-15(10-17)16-11-18-19(13-25-23(18)24-12-16)20-8-14(2)9-22(27-20)29-3/h4-13H,1H2,2-3H3,(H,24,25)(H,26,28). The maximum Gasteiger partial charge on any atom is 0.247 e. The van der Waals surface area contributed by atoms with E-state index < -0.39 is 0 Å². The molecule has 1 amide bonds. The van der Waals surface area contributed by atoms with Crippen molar-refractivity contribution in [2.45, 2.75) is 6.92 Å². The van der Waals surface area contributed by atoms with Gasteiger partial charge in [-0.1, -0.05) is 18.7 Å². The Morgan fingerprint density at radius 2 is 2.07 bits per heavy atom. The number of aryl methyl sites for hydroxylation is 1. The van der Waals surface area contributed by atoms with Gasteiger partial charge in [0.2, 0.25) is 11.8 Å². The second kappa shape index (κ2) is 7.59. The van der Waals surface area contributed by atoms with Crippen LogP contribution in [0.1, 0.15) is 5.56 Å². The summed E-state index contributed by atoms with van der Waals surface area (Å²) < 4.78 is 5.31. The van der Waals surface area contributed by atoms with Crippen molar-refractivity contribution in [2.24, 2.45) is 0 Å². The van der Waals surface area contributed by atoms with Crippen LogP contribution in [-0.2, 0) is 4.79 Å². The molecule has 144 valence electrons. The lowest BCUT2D eigenvalue weighted by atomic mass is 10.0. The molecule has 0 radical (unpaired) electrons. The predicted octanol–water partition coefficient (Wildman–Crippen LogP) is 4.73. The Kier molecular flexibility index (Phi) is 4.83. The van der Waals surface area contributed by atoms with Crippen molar-refractivity contribution in [3.8, 4) is 28.3 Å². The molecule has 0 saturated carbocycles. The first-order valence-corrected chi connectivity index (χ1v) is 9.11. The average molecular weight is 384 g/mol. The van der Waals surface area contributed by atoms with Crippen LogP contribution in [0.5, 0.6) is 5.88 Å². The normalized spacial score (nSPS) is 10.7. The summed E-state index contributed by atoms with van der Waals surface area (Å²) in [6, 6.07) is 13.6. The second-order valence-electron chi connectivity index (χ2n) is 6.67. The number of rotatable bonds is 5. The number of hydrogen-bond acceptors (Lipinski definition) is 4. The number of aromatic nitrogens is 3. The van der Waals surface area contributed by atoms with Crippen molar-refractivity contribution < 1.29 is 9.53 Å². The van der Waals surface area contributed by atoms with E-state index in [2.05, 4.69) is 32.9 Å². The van der Waals surface area contributed by atoms with Gasteiger partial charge in [0, 0.05) is 40.7 Å². The summed E-state index contributed by atoms with van der Waals surface area (Å²) in [5, 5.41) is 3.74. The number of anilines is 1. The van der Waals surface area contributed by atoms with Gasteiger partial charge in [-0.2, -0.15) is 0 Å². The minimum atomic E-state index is -0.247. The lowest BCUT2D eigenvalue weighted by molar-refractivity contribution is -0.111. The molecule has 0 aliphatic rings. The predicted molar refractivity (Wildman–Crippen MR) is 115 cm³/mol. The Bertz CT molecular complexity index is 1230. The molecule has 0 bridgehead atoms. The van der Waals surface area contributed by atoms with E-state index in [-0.39, 0.29) is 5.91 Å². The summed E-state index contributed by atoms with van der Waals surface area (Å²) in [5.74, 6) is 0.326. The third kappa shape index (κ3) is 3.73. The topological polar surface area (TPSA) is 79.9 Å². The number of benzene rings is 1. The summed E-state index contributed by atoms with van der Waals surface area (Å²) in [5.41, 5.74) is 6.20. The van der Waals surface area contributed by atoms with Gasteiger partial charge in [-0.05, 0) is 48.4 Å². The van der Waals surface area contributed by atoms with Crippen LogP contribution in [0, 0.1) is 6.92 Å². The zero-order valence-electron chi connectivity index (χ0n) is 16.2. The first-order chi connectivity index (χ1) is 14.1. The fourth-order valence-corrected chi connectivity index (χ4v) is 3.22. The number of hydrogen-bond donors (Lipinski definition) is 2. The molecule has 0 aliphatic carbocycles. The van der Waals surface area contributed by atoms with E-state index in [1.807, 2.05) is 49.5 Å². The molecule has 29 heavy (non-hydrogen) atoms. The zero-order valence-corrected chi connectivity index (χ0v) is 16.2. The van der Waals surface area contributed by atoms with Crippen LogP contribution in [0.2, 0.25) is 0 Å². The van der Waals surface area contributed by atoms with Crippen molar-refractivity contribution in [1.82, 2.24) is 15.0 Å². The van der Waals surface area contributed by atoms with Gasteiger partial charge in [0.15, 0.2) is 0 Å². The van der Waals surface area contributed by atoms with Crippen molar-refractivity contribution in [2.75, 3.05) is 12.4 Å². The highest BCUT2D eigenvalue weighted by molar-refractivity contribution is 5.99. The number of nitrogens with one attached hydrogen (secondary N) is 2. The van der Waals surface area contributed by atoms with Crippen LogP contribution >= 0.6 is 0 Å². The number of carbonyl (C=O) groups is 1. The van der Waals surface area contributed by atoms with Crippen LogP contribution in [0.25, 0.3) is 33.4 Å². The molecule has 0 spiro atoms. The van der Waals surface area contributed by atoms with Crippen LogP contribution in [0.3, 0.4) is 0 Å². The van der Waals surface area contributed by atoms with Gasteiger partial charge < -0.3 is 15.0 Å². The van der Waals surface area contributed by atoms with Crippen LogP contribution in [0.4, 0.5) is 5.69 Å². The fourth-order valence-electron chi connectivity index (χ4n) is 3.22. The number of carbonyl (C=O) groups excluding carboxylic acids is 1. The van der Waals surface area contributed by atoms with E-state index in [0.29, 0.717) is 11.6 Å². The molecule has 0 unspecified atom stereocenters. The monoisotopic (exact) mass is 384 g/mol. The maximum absolute atomic E-state index is 11.6. The molecule has 6 heteroatoms. The molecule has 4 rings (SSSR count). The minimum absolute atomic E-state index is 0.247. The molecule has 0 saturated heterocycles. The molecule has 3 heterocycles.